The van der Waals surface area contributed by atoms with Crippen molar-refractivity contribution < 1.29 is 14.1 Å². The molecule has 1 atom stereocenters. The zero-order chi connectivity index (χ0) is 19.4. The molecule has 0 aliphatic carbocycles. The van der Waals surface area contributed by atoms with Crippen LogP contribution in [0.15, 0.2) is 46.3 Å². The molecule has 0 radical (unpaired) electrons. The molecule has 3 aromatic rings. The summed E-state index contributed by atoms with van der Waals surface area (Å²) in [6.07, 6.45) is 1.56. The van der Waals surface area contributed by atoms with Crippen LogP contribution in [0.1, 0.15) is 19.5 Å². The Labute approximate surface area is 159 Å². The number of amides is 2. The number of nitrogens with one attached hydrogen (secondary N) is 2. The number of hydrogen-bond donors (Lipinski definition) is 2. The smallest absolute Gasteiger partial charge is 0.240 e. The second kappa shape index (κ2) is 8.04. The fourth-order valence-electron chi connectivity index (χ4n) is 2.28. The minimum Gasteiger partial charge on any atom is -0.338 e. The summed E-state index contributed by atoms with van der Waals surface area (Å²) in [7, 11) is 0. The maximum Gasteiger partial charge on any atom is 0.240 e. The van der Waals surface area contributed by atoms with Gasteiger partial charge in [-0.05, 0) is 32.0 Å². The molecule has 0 aliphatic rings. The predicted octanol–water partition coefficient (Wildman–Crippen LogP) is 2.64. The number of thioether (sulfide) groups is 1. The van der Waals surface area contributed by atoms with Crippen LogP contribution < -0.4 is 10.6 Å². The summed E-state index contributed by atoms with van der Waals surface area (Å²) in [5.41, 5.74) is 2.12. The summed E-state index contributed by atoms with van der Waals surface area (Å²) in [6.45, 7) is 4.98. The molecule has 0 fully saturated rings. The Hall–Kier alpha value is -3.14. The molecule has 2 N–H and O–H groups in total. The van der Waals surface area contributed by atoms with E-state index in [1.165, 1.54) is 18.7 Å². The molecule has 0 spiro atoms. The van der Waals surface area contributed by atoms with Gasteiger partial charge in [0.1, 0.15) is 6.33 Å². The molecule has 2 aromatic heterocycles. The van der Waals surface area contributed by atoms with Gasteiger partial charge in [-0.15, -0.1) is 10.2 Å². The minimum absolute atomic E-state index is 0.154. The Morgan fingerprint density at radius 2 is 2.07 bits per heavy atom. The topological polar surface area (TPSA) is 115 Å². The first-order valence-electron chi connectivity index (χ1n) is 8.11. The molecule has 140 valence electrons. The predicted molar refractivity (Wildman–Crippen MR) is 101 cm³/mol. The number of aryl methyl sites for hydroxylation is 1. The number of nitrogens with zero attached hydrogens (tertiary/aromatic N) is 4. The SMILES string of the molecule is CC(=O)Nc1cccc(-n2cnnc2SC(C)C(=O)Nc2cc(C)no2)c1. The first-order chi connectivity index (χ1) is 12.9. The number of carbonyl (C=O) groups excluding carboxylic acids is 2. The minimum atomic E-state index is -0.447. The van der Waals surface area contributed by atoms with E-state index in [1.54, 1.807) is 42.9 Å². The number of aromatic nitrogens is 4. The van der Waals surface area contributed by atoms with Gasteiger partial charge in [0.2, 0.25) is 17.7 Å². The van der Waals surface area contributed by atoms with Crippen LogP contribution in [0.3, 0.4) is 0 Å². The lowest BCUT2D eigenvalue weighted by molar-refractivity contribution is -0.116. The van der Waals surface area contributed by atoms with Gasteiger partial charge in [-0.2, -0.15) is 0 Å². The van der Waals surface area contributed by atoms with E-state index < -0.39 is 5.25 Å². The van der Waals surface area contributed by atoms with Gasteiger partial charge in [-0.1, -0.05) is 23.0 Å². The molecule has 10 heteroatoms. The summed E-state index contributed by atoms with van der Waals surface area (Å²) in [5, 5.41) is 17.3. The Morgan fingerprint density at radius 1 is 1.26 bits per heavy atom. The third-order valence-electron chi connectivity index (χ3n) is 3.49. The highest BCUT2D eigenvalue weighted by molar-refractivity contribution is 8.00. The molecular formula is C17H18N6O3S. The van der Waals surface area contributed by atoms with Crippen molar-refractivity contribution in [2.75, 3.05) is 10.6 Å². The molecule has 3 rings (SSSR count). The van der Waals surface area contributed by atoms with E-state index in [9.17, 15) is 9.59 Å². The van der Waals surface area contributed by atoms with Crippen molar-refractivity contribution in [3.63, 3.8) is 0 Å². The molecule has 1 unspecified atom stereocenters. The summed E-state index contributed by atoms with van der Waals surface area (Å²) in [5.74, 6) is -0.0921. The molecule has 2 amide bonds. The van der Waals surface area contributed by atoms with Crippen LogP contribution in [0.25, 0.3) is 5.69 Å². The average Bonchev–Trinajstić information content (AvgIpc) is 3.23. The highest BCUT2D eigenvalue weighted by Gasteiger charge is 2.20. The third-order valence-corrected chi connectivity index (χ3v) is 4.54. The van der Waals surface area contributed by atoms with Crippen LogP contribution in [0.2, 0.25) is 0 Å². The largest absolute Gasteiger partial charge is 0.338 e. The maximum atomic E-state index is 12.3. The van der Waals surface area contributed by atoms with Gasteiger partial charge in [-0.25, -0.2) is 0 Å². The van der Waals surface area contributed by atoms with Gasteiger partial charge in [0, 0.05) is 18.7 Å². The van der Waals surface area contributed by atoms with Crippen molar-refractivity contribution in [2.45, 2.75) is 31.2 Å². The summed E-state index contributed by atoms with van der Waals surface area (Å²) >= 11 is 1.25. The van der Waals surface area contributed by atoms with Crippen LogP contribution in [-0.2, 0) is 9.59 Å². The first-order valence-corrected chi connectivity index (χ1v) is 8.99. The zero-order valence-electron chi connectivity index (χ0n) is 15.0. The third kappa shape index (κ3) is 4.73. The van der Waals surface area contributed by atoms with Gasteiger partial charge < -0.3 is 9.84 Å². The van der Waals surface area contributed by atoms with Crippen molar-refractivity contribution in [3.05, 3.63) is 42.4 Å². The fourth-order valence-corrected chi connectivity index (χ4v) is 3.12. The highest BCUT2D eigenvalue weighted by Crippen LogP contribution is 2.26. The lowest BCUT2D eigenvalue weighted by Crippen LogP contribution is -2.22. The van der Waals surface area contributed by atoms with Crippen molar-refractivity contribution in [1.82, 2.24) is 19.9 Å². The molecule has 0 saturated carbocycles. The van der Waals surface area contributed by atoms with Crippen molar-refractivity contribution in [1.29, 1.82) is 0 Å². The van der Waals surface area contributed by atoms with E-state index in [0.29, 0.717) is 22.4 Å². The van der Waals surface area contributed by atoms with Crippen LogP contribution in [0, 0.1) is 6.92 Å². The summed E-state index contributed by atoms with van der Waals surface area (Å²) in [6, 6.07) is 8.91. The second-order valence-electron chi connectivity index (χ2n) is 5.80. The number of rotatable bonds is 6. The molecular weight excluding hydrogens is 368 g/mol. The van der Waals surface area contributed by atoms with Crippen molar-refractivity contribution in [2.24, 2.45) is 0 Å². The number of carbonyl (C=O) groups is 2. The Balaban J connectivity index is 1.73. The van der Waals surface area contributed by atoms with E-state index >= 15 is 0 Å². The average molecular weight is 386 g/mol. The van der Waals surface area contributed by atoms with Crippen molar-refractivity contribution >= 4 is 35.1 Å². The van der Waals surface area contributed by atoms with E-state index in [4.69, 9.17) is 4.52 Å². The summed E-state index contributed by atoms with van der Waals surface area (Å²) in [4.78, 5) is 23.6. The van der Waals surface area contributed by atoms with Crippen LogP contribution >= 0.6 is 11.8 Å². The van der Waals surface area contributed by atoms with Gasteiger partial charge in [0.15, 0.2) is 5.16 Å². The normalized spacial score (nSPS) is 11.8. The van der Waals surface area contributed by atoms with Crippen LogP contribution in [0.5, 0.6) is 0 Å². The number of benzene rings is 1. The fraction of sp³-hybridized carbons (Fsp3) is 0.235. The van der Waals surface area contributed by atoms with Crippen LogP contribution in [-0.4, -0.2) is 37.0 Å². The van der Waals surface area contributed by atoms with Gasteiger partial charge in [-0.3, -0.25) is 19.5 Å². The molecule has 27 heavy (non-hydrogen) atoms. The zero-order valence-corrected chi connectivity index (χ0v) is 15.8. The van der Waals surface area contributed by atoms with Crippen LogP contribution in [0.4, 0.5) is 11.6 Å². The first kappa shape index (κ1) is 18.6. The molecule has 2 heterocycles. The quantitative estimate of drug-likeness (QED) is 0.626. The van der Waals surface area contributed by atoms with Gasteiger partial charge >= 0.3 is 0 Å². The Bertz CT molecular complexity index is 967. The van der Waals surface area contributed by atoms with E-state index in [1.807, 2.05) is 12.1 Å². The highest BCUT2D eigenvalue weighted by atomic mass is 32.2. The Morgan fingerprint density at radius 3 is 2.78 bits per heavy atom. The standard InChI is InChI=1S/C17H18N6O3S/c1-10-7-15(26-22-10)20-16(25)11(2)27-17-21-18-9-23(17)14-6-4-5-13(8-14)19-12(3)24/h4-9,11H,1-3H3,(H,19,24)(H,20,25). The van der Waals surface area contributed by atoms with Gasteiger partial charge in [0.25, 0.3) is 0 Å². The lowest BCUT2D eigenvalue weighted by atomic mass is 10.2. The van der Waals surface area contributed by atoms with Crippen molar-refractivity contribution in [3.8, 4) is 5.69 Å². The molecule has 0 bridgehead atoms. The Kier molecular flexibility index (Phi) is 5.55. The second-order valence-corrected chi connectivity index (χ2v) is 7.10. The molecule has 1 aromatic carbocycles. The van der Waals surface area contributed by atoms with E-state index in [0.717, 1.165) is 5.69 Å². The number of anilines is 2. The monoisotopic (exact) mass is 386 g/mol. The molecule has 0 aliphatic heterocycles. The van der Waals surface area contributed by atoms with Gasteiger partial charge in [0.05, 0.1) is 16.6 Å². The van der Waals surface area contributed by atoms with E-state index in [-0.39, 0.29) is 11.8 Å². The molecule has 0 saturated heterocycles. The maximum absolute atomic E-state index is 12.3. The van der Waals surface area contributed by atoms with E-state index in [2.05, 4.69) is 26.0 Å². The number of hydrogen-bond acceptors (Lipinski definition) is 7. The summed E-state index contributed by atoms with van der Waals surface area (Å²) < 4.78 is 6.75. The molecule has 9 nitrogen and oxygen atoms in total. The lowest BCUT2D eigenvalue weighted by Gasteiger charge is -2.12.